The summed E-state index contributed by atoms with van der Waals surface area (Å²) in [5.41, 5.74) is 1.32. The minimum absolute atomic E-state index is 0.0508. The first-order valence-corrected chi connectivity index (χ1v) is 7.10. The van der Waals surface area contributed by atoms with Gasteiger partial charge in [-0.2, -0.15) is 0 Å². The first-order chi connectivity index (χ1) is 9.92. The highest BCUT2D eigenvalue weighted by atomic mass is 35.5. The molecule has 1 fully saturated rings. The van der Waals surface area contributed by atoms with Gasteiger partial charge in [-0.1, -0.05) is 18.5 Å². The Balaban J connectivity index is 1.93. The highest BCUT2D eigenvalue weighted by Crippen LogP contribution is 2.38. The van der Waals surface area contributed by atoms with E-state index >= 15 is 0 Å². The third kappa shape index (κ3) is 3.88. The second kappa shape index (κ2) is 6.35. The van der Waals surface area contributed by atoms with Crippen LogP contribution in [0.4, 0.5) is 5.69 Å². The number of hydrogen-bond acceptors (Lipinski definition) is 4. The summed E-state index contributed by atoms with van der Waals surface area (Å²) in [6.07, 6.45) is 0.838. The van der Waals surface area contributed by atoms with Crippen molar-refractivity contribution in [3.8, 4) is 5.75 Å². The molecule has 0 saturated heterocycles. The number of carbonyl (C=O) groups excluding carboxylic acids is 2. The molecule has 21 heavy (non-hydrogen) atoms. The Hall–Kier alpha value is -1.75. The van der Waals surface area contributed by atoms with E-state index in [0.717, 1.165) is 12.0 Å². The number of anilines is 1. The summed E-state index contributed by atoms with van der Waals surface area (Å²) >= 11 is 6.00. The highest BCUT2D eigenvalue weighted by molar-refractivity contribution is 6.31. The van der Waals surface area contributed by atoms with Crippen LogP contribution in [0.5, 0.6) is 5.75 Å². The molecule has 1 aliphatic carbocycles. The third-order valence-corrected chi connectivity index (χ3v) is 3.92. The average molecular weight is 312 g/mol. The molecule has 1 aromatic carbocycles. The van der Waals surface area contributed by atoms with Crippen LogP contribution < -0.4 is 10.1 Å². The van der Waals surface area contributed by atoms with Crippen LogP contribution in [-0.4, -0.2) is 25.6 Å². The van der Waals surface area contributed by atoms with E-state index < -0.39 is 5.91 Å². The number of benzene rings is 1. The molecule has 0 radical (unpaired) electrons. The van der Waals surface area contributed by atoms with Crippen molar-refractivity contribution in [2.45, 2.75) is 20.3 Å². The zero-order valence-electron chi connectivity index (χ0n) is 12.2. The Kier molecular flexibility index (Phi) is 4.73. The van der Waals surface area contributed by atoms with Crippen molar-refractivity contribution in [1.29, 1.82) is 0 Å². The third-order valence-electron chi connectivity index (χ3n) is 3.51. The van der Waals surface area contributed by atoms with Crippen molar-refractivity contribution in [1.82, 2.24) is 0 Å². The maximum atomic E-state index is 11.8. The summed E-state index contributed by atoms with van der Waals surface area (Å²) < 4.78 is 10.1. The van der Waals surface area contributed by atoms with E-state index in [1.807, 2.05) is 13.8 Å². The fourth-order valence-corrected chi connectivity index (χ4v) is 2.16. The number of esters is 1. The number of nitrogens with one attached hydrogen (secondary N) is 1. The molecule has 2 rings (SSSR count). The maximum Gasteiger partial charge on any atom is 0.309 e. The van der Waals surface area contributed by atoms with Gasteiger partial charge in [0.05, 0.1) is 18.7 Å². The molecule has 114 valence electrons. The van der Waals surface area contributed by atoms with Crippen LogP contribution in [0.25, 0.3) is 0 Å². The van der Waals surface area contributed by atoms with Gasteiger partial charge in [0.25, 0.3) is 5.91 Å². The molecule has 6 heteroatoms. The number of hydrogen-bond donors (Lipinski definition) is 1. The first-order valence-electron chi connectivity index (χ1n) is 6.73. The van der Waals surface area contributed by atoms with Crippen LogP contribution in [0.3, 0.4) is 0 Å². The van der Waals surface area contributed by atoms with Gasteiger partial charge >= 0.3 is 5.97 Å². The molecule has 1 N–H and O–H groups in total. The molecular formula is C15H18ClNO4. The van der Waals surface area contributed by atoms with Crippen molar-refractivity contribution < 1.29 is 19.1 Å². The standard InChI is InChI=1S/C15H18ClNO4/c1-8-4-10(8)15(19)21-7-14(18)17-12-5-9(2)11(16)6-13(12)20-3/h5-6,8,10H,4,7H2,1-3H3,(H,17,18)/t8-,10-/m1/s1. The second-order valence-electron chi connectivity index (χ2n) is 5.28. The van der Waals surface area contributed by atoms with Gasteiger partial charge in [-0.15, -0.1) is 0 Å². The Bertz CT molecular complexity index is 573. The van der Waals surface area contributed by atoms with Gasteiger partial charge in [0.15, 0.2) is 6.61 Å². The van der Waals surface area contributed by atoms with Crippen LogP contribution in [0.2, 0.25) is 5.02 Å². The molecule has 0 unspecified atom stereocenters. The molecule has 5 nitrogen and oxygen atoms in total. The van der Waals surface area contributed by atoms with E-state index in [1.165, 1.54) is 7.11 Å². The molecule has 0 aliphatic heterocycles. The minimum Gasteiger partial charge on any atom is -0.495 e. The smallest absolute Gasteiger partial charge is 0.309 e. The molecule has 0 aromatic heterocycles. The molecule has 1 aromatic rings. The van der Waals surface area contributed by atoms with Crippen LogP contribution in [0.15, 0.2) is 12.1 Å². The van der Waals surface area contributed by atoms with Crippen LogP contribution in [0, 0.1) is 18.8 Å². The van der Waals surface area contributed by atoms with Crippen molar-refractivity contribution in [3.63, 3.8) is 0 Å². The first kappa shape index (κ1) is 15.6. The van der Waals surface area contributed by atoms with Crippen molar-refractivity contribution in [3.05, 3.63) is 22.7 Å². The number of ether oxygens (including phenoxy) is 2. The summed E-state index contributed by atoms with van der Waals surface area (Å²) in [5.74, 6) is 0.0550. The monoisotopic (exact) mass is 311 g/mol. The van der Waals surface area contributed by atoms with E-state index in [2.05, 4.69) is 5.32 Å². The predicted octanol–water partition coefficient (Wildman–Crippen LogP) is 2.79. The average Bonchev–Trinajstić information content (AvgIpc) is 3.17. The molecule has 0 spiro atoms. The lowest BCUT2D eigenvalue weighted by Gasteiger charge is -2.12. The second-order valence-corrected chi connectivity index (χ2v) is 5.68. The molecule has 1 saturated carbocycles. The Morgan fingerprint density at radius 3 is 2.67 bits per heavy atom. The molecule has 0 bridgehead atoms. The zero-order valence-corrected chi connectivity index (χ0v) is 13.0. The number of rotatable bonds is 5. The van der Waals surface area contributed by atoms with E-state index in [4.69, 9.17) is 21.1 Å². The molecule has 2 atom stereocenters. The van der Waals surface area contributed by atoms with E-state index in [1.54, 1.807) is 12.1 Å². The molecule has 0 heterocycles. The summed E-state index contributed by atoms with van der Waals surface area (Å²) in [4.78, 5) is 23.4. The molecule has 1 amide bonds. The van der Waals surface area contributed by atoms with Crippen molar-refractivity contribution in [2.75, 3.05) is 19.0 Å². The largest absolute Gasteiger partial charge is 0.495 e. The fraction of sp³-hybridized carbons (Fsp3) is 0.467. The SMILES string of the molecule is COc1cc(Cl)c(C)cc1NC(=O)COC(=O)[C@@H]1C[C@H]1C. The van der Waals surface area contributed by atoms with E-state index in [9.17, 15) is 9.59 Å². The summed E-state index contributed by atoms with van der Waals surface area (Å²) in [6, 6.07) is 3.34. The van der Waals surface area contributed by atoms with Gasteiger partial charge in [0, 0.05) is 11.1 Å². The predicted molar refractivity (Wildman–Crippen MR) is 79.6 cm³/mol. The van der Waals surface area contributed by atoms with E-state index in [-0.39, 0.29) is 18.5 Å². The van der Waals surface area contributed by atoms with Crippen molar-refractivity contribution >= 4 is 29.2 Å². The number of methoxy groups -OCH3 is 1. The number of halogens is 1. The van der Waals surface area contributed by atoms with Crippen LogP contribution in [0.1, 0.15) is 18.9 Å². The van der Waals surface area contributed by atoms with Gasteiger partial charge in [0.2, 0.25) is 0 Å². The lowest BCUT2D eigenvalue weighted by atomic mass is 10.2. The van der Waals surface area contributed by atoms with Crippen LogP contribution >= 0.6 is 11.6 Å². The van der Waals surface area contributed by atoms with Crippen LogP contribution in [-0.2, 0) is 14.3 Å². The number of aryl methyl sites for hydroxylation is 1. The Morgan fingerprint density at radius 1 is 1.43 bits per heavy atom. The summed E-state index contributed by atoms with van der Waals surface area (Å²) in [5, 5.41) is 3.21. The quantitative estimate of drug-likeness (QED) is 0.849. The normalized spacial score (nSPS) is 19.8. The number of amides is 1. The summed E-state index contributed by atoms with van der Waals surface area (Å²) in [7, 11) is 1.49. The van der Waals surface area contributed by atoms with Gasteiger partial charge < -0.3 is 14.8 Å². The minimum atomic E-state index is -0.406. The zero-order chi connectivity index (χ0) is 15.6. The maximum absolute atomic E-state index is 11.8. The highest BCUT2D eigenvalue weighted by Gasteiger charge is 2.40. The number of carbonyl (C=O) groups is 2. The molecule has 1 aliphatic rings. The van der Waals surface area contributed by atoms with Gasteiger partial charge in [-0.25, -0.2) is 0 Å². The van der Waals surface area contributed by atoms with Gasteiger partial charge in [-0.3, -0.25) is 9.59 Å². The lowest BCUT2D eigenvalue weighted by Crippen LogP contribution is -2.22. The van der Waals surface area contributed by atoms with Gasteiger partial charge in [0.1, 0.15) is 5.75 Å². The Morgan fingerprint density at radius 2 is 2.10 bits per heavy atom. The fourth-order valence-electron chi connectivity index (χ4n) is 2.01. The lowest BCUT2D eigenvalue weighted by molar-refractivity contribution is -0.148. The van der Waals surface area contributed by atoms with E-state index in [0.29, 0.717) is 22.4 Å². The summed E-state index contributed by atoms with van der Waals surface area (Å²) in [6.45, 7) is 3.51. The Labute approximate surface area is 128 Å². The molecular weight excluding hydrogens is 294 g/mol. The van der Waals surface area contributed by atoms with Crippen molar-refractivity contribution in [2.24, 2.45) is 11.8 Å². The van der Waals surface area contributed by atoms with Gasteiger partial charge in [-0.05, 0) is 30.9 Å². The topological polar surface area (TPSA) is 64.6 Å².